The van der Waals surface area contributed by atoms with E-state index in [0.717, 1.165) is 48.2 Å². The van der Waals surface area contributed by atoms with Crippen molar-refractivity contribution in [3.05, 3.63) is 135 Å². The van der Waals surface area contributed by atoms with Crippen LogP contribution in [0, 0.1) is 57.7 Å². The Morgan fingerprint density at radius 3 is 2.58 bits per heavy atom. The van der Waals surface area contributed by atoms with E-state index in [1.807, 2.05) is 11.3 Å². The third kappa shape index (κ3) is 4.36. The Kier molecular flexibility index (Phi) is 7.32. The molecule has 0 bridgehead atoms. The third-order valence-corrected chi connectivity index (χ3v) is 14.1. The Morgan fingerprint density at radius 1 is 0.827 bits per heavy atom. The van der Waals surface area contributed by atoms with Crippen molar-refractivity contribution in [3.63, 3.8) is 0 Å². The molecule has 1 aromatic heterocycles. The van der Waals surface area contributed by atoms with Crippen molar-refractivity contribution in [2.45, 2.75) is 69.4 Å². The van der Waals surface area contributed by atoms with Gasteiger partial charge in [0.1, 0.15) is 0 Å². The Morgan fingerprint density at radius 2 is 1.71 bits per heavy atom. The fourth-order valence-electron chi connectivity index (χ4n) is 10.7. The molecule has 2 aliphatic heterocycles. The number of nitriles is 3. The number of fused-ring (bicyclic) bond motifs is 10. The Labute approximate surface area is 309 Å². The van der Waals surface area contributed by atoms with Crippen LogP contribution in [-0.4, -0.2) is 12.1 Å². The molecule has 10 rings (SSSR count). The first-order chi connectivity index (χ1) is 25.6. The van der Waals surface area contributed by atoms with Gasteiger partial charge in [0, 0.05) is 67.3 Å². The van der Waals surface area contributed by atoms with Crippen LogP contribution in [0.4, 0.5) is 11.4 Å². The minimum atomic E-state index is -0.375. The second-order valence-corrected chi connectivity index (χ2v) is 16.5. The van der Waals surface area contributed by atoms with Gasteiger partial charge in [-0.2, -0.15) is 15.8 Å². The number of hydrogen-bond donors (Lipinski definition) is 0. The lowest BCUT2D eigenvalue weighted by Crippen LogP contribution is -2.43. The first-order valence-corrected chi connectivity index (χ1v) is 19.7. The van der Waals surface area contributed by atoms with Crippen LogP contribution in [0.1, 0.15) is 72.4 Å². The molecular weight excluding hydrogens is 655 g/mol. The molecular formula is C46H39N5S. The number of anilines is 2. The minimum Gasteiger partial charge on any atom is -0.339 e. The standard InChI is InChI=1S/C46H39N5S/c1-27-37(26-49)36(33-16-10-11-28(24-47)45(33)50-38-17-6-2-12-30(38)31-13-3-7-18-39(31)50)23-29(25-48)44(27)51-40-19-8-4-14-32(40)34-21-22-42-43(46(34)51)35-15-5-9-20-41(35)52-42/h2-6,8,10,12-17,19,21-22,27-28,31-32,36-37,39-40H,7,9,11,18,20,23H2,1H3. The Bertz CT molecular complexity index is 2390. The van der Waals surface area contributed by atoms with E-state index in [9.17, 15) is 15.8 Å². The van der Waals surface area contributed by atoms with Crippen molar-refractivity contribution < 1.29 is 0 Å². The number of thiophene rings is 1. The highest BCUT2D eigenvalue weighted by Gasteiger charge is 2.49. The van der Waals surface area contributed by atoms with Gasteiger partial charge in [0.2, 0.25) is 0 Å². The fourth-order valence-corrected chi connectivity index (χ4v) is 11.9. The topological polar surface area (TPSA) is 77.8 Å². The SMILES string of the molecule is CC1C(N2c3c(ccc4sc5c(c34)C=CCC5)C3C=CC=CC32)=C(C#N)CC(C2=C(N3c4ccccc4C4C=CCCC43)C(C#N)CC=C2)C1C#N. The predicted molar refractivity (Wildman–Crippen MR) is 209 cm³/mol. The zero-order valence-electron chi connectivity index (χ0n) is 29.2. The molecule has 0 fully saturated rings. The van der Waals surface area contributed by atoms with Crippen LogP contribution >= 0.6 is 11.3 Å². The molecule has 0 spiro atoms. The first-order valence-electron chi connectivity index (χ1n) is 18.9. The van der Waals surface area contributed by atoms with Crippen LogP contribution in [0.15, 0.2) is 114 Å². The predicted octanol–water partition coefficient (Wildman–Crippen LogP) is 10.5. The number of nitrogens with zero attached hydrogens (tertiary/aromatic N) is 5. The lowest BCUT2D eigenvalue weighted by Gasteiger charge is -2.44. The summed E-state index contributed by atoms with van der Waals surface area (Å²) in [6.45, 7) is 2.17. The Balaban J connectivity index is 1.16. The van der Waals surface area contributed by atoms with Crippen LogP contribution < -0.4 is 9.80 Å². The normalized spacial score (nSPS) is 30.8. The van der Waals surface area contributed by atoms with Crippen molar-refractivity contribution in [1.82, 2.24) is 0 Å². The van der Waals surface area contributed by atoms with Gasteiger partial charge in [-0.3, -0.25) is 0 Å². The van der Waals surface area contributed by atoms with Crippen LogP contribution in [0.3, 0.4) is 0 Å². The molecule has 5 aliphatic carbocycles. The van der Waals surface area contributed by atoms with Crippen molar-refractivity contribution in [1.29, 1.82) is 15.8 Å². The molecule has 7 aliphatic rings. The third-order valence-electron chi connectivity index (χ3n) is 12.9. The molecule has 3 aromatic rings. The lowest BCUT2D eigenvalue weighted by atomic mass is 9.67. The highest BCUT2D eigenvalue weighted by molar-refractivity contribution is 7.19. The van der Waals surface area contributed by atoms with E-state index in [2.05, 4.69) is 132 Å². The maximum Gasteiger partial charge on any atom is 0.0965 e. The summed E-state index contributed by atoms with van der Waals surface area (Å²) in [6, 6.07) is 21.7. The molecule has 0 radical (unpaired) electrons. The summed E-state index contributed by atoms with van der Waals surface area (Å²) < 4.78 is 1.29. The number of rotatable bonds is 3. The molecule has 0 saturated carbocycles. The number of allylic oxidation sites excluding steroid dienone is 10. The van der Waals surface area contributed by atoms with E-state index in [-0.39, 0.29) is 47.6 Å². The largest absolute Gasteiger partial charge is 0.339 e. The second kappa shape index (κ2) is 12.1. The zero-order chi connectivity index (χ0) is 35.1. The van der Waals surface area contributed by atoms with Crippen LogP contribution in [0.25, 0.3) is 16.2 Å². The quantitative estimate of drug-likeness (QED) is 0.255. The number of benzene rings is 2. The van der Waals surface area contributed by atoms with Gasteiger partial charge in [-0.1, -0.05) is 91.9 Å². The van der Waals surface area contributed by atoms with Crippen LogP contribution in [-0.2, 0) is 6.42 Å². The van der Waals surface area contributed by atoms with E-state index in [1.54, 1.807) is 0 Å². The smallest absolute Gasteiger partial charge is 0.0965 e. The average molecular weight is 694 g/mol. The number of aryl methyl sites for hydroxylation is 1. The number of hydrogen-bond acceptors (Lipinski definition) is 6. The minimum absolute atomic E-state index is 0.0372. The Hall–Kier alpha value is -5.35. The van der Waals surface area contributed by atoms with Crippen molar-refractivity contribution >= 4 is 38.9 Å². The number of para-hydroxylation sites is 1. The lowest BCUT2D eigenvalue weighted by molar-refractivity contribution is 0.337. The monoisotopic (exact) mass is 693 g/mol. The second-order valence-electron chi connectivity index (χ2n) is 15.3. The highest BCUT2D eigenvalue weighted by Crippen LogP contribution is 2.57. The van der Waals surface area contributed by atoms with Gasteiger partial charge in [-0.15, -0.1) is 11.3 Å². The molecule has 6 heteroatoms. The molecule has 52 heavy (non-hydrogen) atoms. The van der Waals surface area contributed by atoms with Gasteiger partial charge < -0.3 is 9.80 Å². The summed E-state index contributed by atoms with van der Waals surface area (Å²) in [4.78, 5) is 6.38. The summed E-state index contributed by atoms with van der Waals surface area (Å²) in [6.07, 6.45) is 27.7. The van der Waals surface area contributed by atoms with Gasteiger partial charge in [0.15, 0.2) is 0 Å². The zero-order valence-corrected chi connectivity index (χ0v) is 30.1. The maximum absolute atomic E-state index is 11.2. The molecule has 8 atom stereocenters. The molecule has 3 heterocycles. The highest BCUT2D eigenvalue weighted by atomic mass is 32.1. The molecule has 254 valence electrons. The molecule has 8 unspecified atom stereocenters. The van der Waals surface area contributed by atoms with Gasteiger partial charge in [0.25, 0.3) is 0 Å². The summed E-state index contributed by atoms with van der Waals surface area (Å²) >= 11 is 1.90. The van der Waals surface area contributed by atoms with Gasteiger partial charge in [-0.05, 0) is 72.9 Å². The fraction of sp³-hybridized carbons (Fsp3) is 0.326. The summed E-state index contributed by atoms with van der Waals surface area (Å²) in [5, 5.41) is 34.3. The van der Waals surface area contributed by atoms with Crippen LogP contribution in [0.2, 0.25) is 0 Å². The maximum atomic E-state index is 11.2. The summed E-state index contributed by atoms with van der Waals surface area (Å²) in [7, 11) is 0. The van der Waals surface area contributed by atoms with Crippen molar-refractivity contribution in [2.24, 2.45) is 23.7 Å². The van der Waals surface area contributed by atoms with E-state index in [4.69, 9.17) is 0 Å². The summed E-state index contributed by atoms with van der Waals surface area (Å²) in [5.74, 6) is -0.661. The first kappa shape index (κ1) is 31.4. The van der Waals surface area contributed by atoms with Crippen LogP contribution in [0.5, 0.6) is 0 Å². The van der Waals surface area contributed by atoms with Gasteiger partial charge in [0.05, 0.1) is 41.8 Å². The molecule has 5 nitrogen and oxygen atoms in total. The molecule has 0 amide bonds. The average Bonchev–Trinajstić information content (AvgIpc) is 3.85. The van der Waals surface area contributed by atoms with Crippen molar-refractivity contribution in [2.75, 3.05) is 9.80 Å². The van der Waals surface area contributed by atoms with E-state index >= 15 is 0 Å². The van der Waals surface area contributed by atoms with E-state index < -0.39 is 0 Å². The molecule has 2 aromatic carbocycles. The molecule has 0 N–H and O–H groups in total. The van der Waals surface area contributed by atoms with Crippen molar-refractivity contribution in [3.8, 4) is 18.2 Å². The van der Waals surface area contributed by atoms with E-state index in [0.29, 0.717) is 12.8 Å². The van der Waals surface area contributed by atoms with E-state index in [1.165, 1.54) is 43.0 Å². The van der Waals surface area contributed by atoms with Gasteiger partial charge in [-0.25, -0.2) is 0 Å². The molecule has 0 saturated heterocycles. The summed E-state index contributed by atoms with van der Waals surface area (Å²) in [5.41, 5.74) is 10.2. The van der Waals surface area contributed by atoms with Gasteiger partial charge >= 0.3 is 0 Å².